The number of carbonyl (C=O) groups excluding carboxylic acids is 1. The summed E-state index contributed by atoms with van der Waals surface area (Å²) in [5, 5.41) is 2.21. The summed E-state index contributed by atoms with van der Waals surface area (Å²) in [7, 11) is 0.165. The predicted molar refractivity (Wildman–Crippen MR) is 92.8 cm³/mol. The van der Waals surface area contributed by atoms with Crippen molar-refractivity contribution in [2.45, 2.75) is 31.3 Å². The van der Waals surface area contributed by atoms with Gasteiger partial charge in [0.25, 0.3) is 0 Å². The molecule has 0 amide bonds. The van der Waals surface area contributed by atoms with E-state index in [9.17, 15) is 4.79 Å². The average Bonchev–Trinajstić information content (AvgIpc) is 2.42. The first-order chi connectivity index (χ1) is 10.3. The Morgan fingerprint density at radius 1 is 1.05 bits per heavy atom. The highest BCUT2D eigenvalue weighted by molar-refractivity contribution is 7.95. The Hall–Kier alpha value is -1.68. The van der Waals surface area contributed by atoms with Crippen molar-refractivity contribution in [3.05, 3.63) is 36.4 Å². The van der Waals surface area contributed by atoms with E-state index in [1.165, 1.54) is 10.3 Å². The third-order valence-electron chi connectivity index (χ3n) is 3.05. The van der Waals surface area contributed by atoms with Crippen molar-refractivity contribution in [2.24, 2.45) is 0 Å². The van der Waals surface area contributed by atoms with E-state index >= 15 is 0 Å². The lowest BCUT2D eigenvalue weighted by atomic mass is 10.1. The zero-order valence-corrected chi connectivity index (χ0v) is 14.6. The molecular weight excluding hydrogens is 296 g/mol. The van der Waals surface area contributed by atoms with E-state index in [0.29, 0.717) is 0 Å². The molecule has 0 N–H and O–H groups in total. The van der Waals surface area contributed by atoms with Crippen molar-refractivity contribution >= 4 is 27.6 Å². The molecule has 0 saturated carbocycles. The summed E-state index contributed by atoms with van der Waals surface area (Å²) in [5.41, 5.74) is -0.495. The maximum absolute atomic E-state index is 11.8. The lowest BCUT2D eigenvalue weighted by Crippen LogP contribution is -2.27. The van der Waals surface area contributed by atoms with Crippen LogP contribution < -0.4 is 4.74 Å². The first kappa shape index (κ1) is 16.7. The molecule has 0 atom stereocenters. The molecule has 2 rings (SSSR count). The molecule has 0 aromatic heterocycles. The molecule has 0 aliphatic rings. The molecule has 2 aromatic rings. The second-order valence-electron chi connectivity index (χ2n) is 6.30. The highest BCUT2D eigenvalue weighted by Gasteiger charge is 2.19. The molecule has 2 aromatic carbocycles. The number of ether oxygens (including phenoxy) is 2. The number of esters is 1. The van der Waals surface area contributed by atoms with Gasteiger partial charge in [0.2, 0.25) is 0 Å². The van der Waals surface area contributed by atoms with Crippen LogP contribution in [0.1, 0.15) is 20.8 Å². The van der Waals surface area contributed by atoms with E-state index in [4.69, 9.17) is 9.47 Å². The Balaban J connectivity index is 2.23. The molecule has 0 spiro atoms. The fraction of sp³-hybridized carbons (Fsp3) is 0.389. The Kier molecular flexibility index (Phi) is 5.01. The molecule has 0 aliphatic heterocycles. The molecule has 4 heteroatoms. The topological polar surface area (TPSA) is 35.5 Å². The molecule has 0 aliphatic carbocycles. The lowest BCUT2D eigenvalue weighted by molar-refractivity contribution is -0.157. The van der Waals surface area contributed by atoms with Crippen LogP contribution in [-0.2, 0) is 20.4 Å². The Morgan fingerprint density at radius 3 is 2.27 bits per heavy atom. The fourth-order valence-electron chi connectivity index (χ4n) is 2.23. The fourth-order valence-corrected chi connectivity index (χ4v) is 3.19. The number of carbonyl (C=O) groups is 1. The Labute approximate surface area is 135 Å². The molecule has 0 fully saturated rings. The molecular formula is C18H23O3S+. The van der Waals surface area contributed by atoms with Crippen LogP contribution in [0.2, 0.25) is 0 Å². The number of benzene rings is 2. The molecule has 0 bridgehead atoms. The van der Waals surface area contributed by atoms with Crippen LogP contribution in [-0.4, -0.2) is 30.7 Å². The average molecular weight is 319 g/mol. The number of hydrogen-bond donors (Lipinski definition) is 0. The molecule has 3 nitrogen and oxygen atoms in total. The van der Waals surface area contributed by atoms with Crippen molar-refractivity contribution in [3.8, 4) is 5.75 Å². The van der Waals surface area contributed by atoms with Gasteiger partial charge in [0.15, 0.2) is 11.5 Å². The van der Waals surface area contributed by atoms with Gasteiger partial charge in [-0.15, -0.1) is 0 Å². The zero-order valence-electron chi connectivity index (χ0n) is 13.8. The summed E-state index contributed by atoms with van der Waals surface area (Å²) < 4.78 is 11.0. The van der Waals surface area contributed by atoms with E-state index in [2.05, 4.69) is 24.6 Å². The first-order valence-corrected chi connectivity index (χ1v) is 9.26. The van der Waals surface area contributed by atoms with Gasteiger partial charge >= 0.3 is 5.97 Å². The second kappa shape index (κ2) is 6.61. The normalized spacial score (nSPS) is 11.7. The van der Waals surface area contributed by atoms with Gasteiger partial charge in [-0.05, 0) is 39.0 Å². The summed E-state index contributed by atoms with van der Waals surface area (Å²) in [6.45, 7) is 5.46. The van der Waals surface area contributed by atoms with Gasteiger partial charge in [-0.2, -0.15) is 0 Å². The van der Waals surface area contributed by atoms with Crippen LogP contribution in [0.15, 0.2) is 41.3 Å². The van der Waals surface area contributed by atoms with Crippen LogP contribution in [0.3, 0.4) is 0 Å². The minimum atomic E-state index is -0.495. The van der Waals surface area contributed by atoms with Crippen molar-refractivity contribution in [1.29, 1.82) is 0 Å². The summed E-state index contributed by atoms with van der Waals surface area (Å²) in [4.78, 5) is 13.1. The zero-order chi connectivity index (χ0) is 16.3. The molecule has 0 unspecified atom stereocenters. The number of fused-ring (bicyclic) bond motifs is 1. The number of rotatable bonds is 4. The minimum Gasteiger partial charge on any atom is -0.481 e. The van der Waals surface area contributed by atoms with Crippen LogP contribution in [0.5, 0.6) is 5.75 Å². The van der Waals surface area contributed by atoms with Crippen LogP contribution in [0.4, 0.5) is 0 Å². The van der Waals surface area contributed by atoms with E-state index in [0.717, 1.165) is 11.1 Å². The first-order valence-electron chi connectivity index (χ1n) is 7.22. The van der Waals surface area contributed by atoms with Gasteiger partial charge in [0.1, 0.15) is 23.9 Å². The summed E-state index contributed by atoms with van der Waals surface area (Å²) >= 11 is 0. The van der Waals surface area contributed by atoms with Gasteiger partial charge in [0.05, 0.1) is 0 Å². The van der Waals surface area contributed by atoms with E-state index < -0.39 is 5.60 Å². The van der Waals surface area contributed by atoms with E-state index in [1.807, 2.05) is 45.0 Å². The molecule has 0 saturated heterocycles. The third-order valence-corrected chi connectivity index (χ3v) is 4.29. The molecule has 0 radical (unpaired) electrons. The molecule has 22 heavy (non-hydrogen) atoms. The predicted octanol–water partition coefficient (Wildman–Crippen LogP) is 3.80. The highest BCUT2D eigenvalue weighted by Crippen LogP contribution is 2.31. The number of hydrogen-bond acceptors (Lipinski definition) is 3. The third kappa shape index (κ3) is 4.17. The molecule has 0 heterocycles. The summed E-state index contributed by atoms with van der Waals surface area (Å²) in [6, 6.07) is 12.1. The lowest BCUT2D eigenvalue weighted by Gasteiger charge is -2.19. The van der Waals surface area contributed by atoms with Crippen molar-refractivity contribution in [3.63, 3.8) is 0 Å². The maximum Gasteiger partial charge on any atom is 0.344 e. The SMILES string of the molecule is C[S+](C)c1ccc(OCC(=O)OC(C)(C)C)c2ccccc12. The Morgan fingerprint density at radius 2 is 1.68 bits per heavy atom. The van der Waals surface area contributed by atoms with Crippen molar-refractivity contribution in [2.75, 3.05) is 19.1 Å². The van der Waals surface area contributed by atoms with E-state index in [1.54, 1.807) is 0 Å². The van der Waals surface area contributed by atoms with Crippen LogP contribution in [0, 0.1) is 0 Å². The van der Waals surface area contributed by atoms with Crippen LogP contribution >= 0.6 is 0 Å². The minimum absolute atomic E-state index is 0.0788. The summed E-state index contributed by atoms with van der Waals surface area (Å²) in [6.07, 6.45) is 4.39. The monoisotopic (exact) mass is 319 g/mol. The second-order valence-corrected chi connectivity index (χ2v) is 8.37. The quantitative estimate of drug-likeness (QED) is 0.635. The maximum atomic E-state index is 11.8. The van der Waals surface area contributed by atoms with E-state index in [-0.39, 0.29) is 23.5 Å². The van der Waals surface area contributed by atoms with Crippen molar-refractivity contribution < 1.29 is 14.3 Å². The Bertz CT molecular complexity index is 672. The van der Waals surface area contributed by atoms with Crippen LogP contribution in [0.25, 0.3) is 10.8 Å². The summed E-state index contributed by atoms with van der Waals surface area (Å²) in [5.74, 6) is 0.363. The van der Waals surface area contributed by atoms with Gasteiger partial charge in [0, 0.05) is 21.7 Å². The van der Waals surface area contributed by atoms with Gasteiger partial charge < -0.3 is 9.47 Å². The smallest absolute Gasteiger partial charge is 0.344 e. The van der Waals surface area contributed by atoms with Gasteiger partial charge in [-0.3, -0.25) is 0 Å². The van der Waals surface area contributed by atoms with Gasteiger partial charge in [-0.25, -0.2) is 4.79 Å². The molecule has 118 valence electrons. The highest BCUT2D eigenvalue weighted by atomic mass is 32.2. The van der Waals surface area contributed by atoms with Crippen molar-refractivity contribution in [1.82, 2.24) is 0 Å². The largest absolute Gasteiger partial charge is 0.481 e. The standard InChI is InChI=1S/C18H23O3S/c1-18(2,3)21-17(19)12-20-15-10-11-16(22(4)5)14-9-7-6-8-13(14)15/h6-11H,12H2,1-5H3/q+1. The van der Waals surface area contributed by atoms with Gasteiger partial charge in [-0.1, -0.05) is 18.2 Å².